The van der Waals surface area contributed by atoms with Crippen LogP contribution in [-0.4, -0.2) is 53.7 Å². The molecule has 0 amide bonds. The van der Waals surface area contributed by atoms with Crippen LogP contribution in [0.3, 0.4) is 0 Å². The molecule has 0 saturated carbocycles. The quantitative estimate of drug-likeness (QED) is 0.713. The normalized spacial score (nSPS) is 24.3. The Morgan fingerprint density at radius 1 is 1.00 bits per heavy atom. The molecule has 0 bridgehead atoms. The maximum absolute atomic E-state index is 6.14. The Morgan fingerprint density at radius 2 is 1.44 bits per heavy atom. The van der Waals surface area contributed by atoms with Crippen molar-refractivity contribution in [3.63, 3.8) is 0 Å². The Morgan fingerprint density at radius 3 is 1.81 bits per heavy atom. The number of rotatable bonds is 5. The maximum Gasteiger partial charge on any atom is 0.0783 e. The van der Waals surface area contributed by atoms with Crippen LogP contribution in [0.2, 0.25) is 0 Å². The van der Waals surface area contributed by atoms with E-state index in [0.717, 1.165) is 0 Å². The molecule has 0 radical (unpaired) electrons. The predicted octanol–water partition coefficient (Wildman–Crippen LogP) is 2.85. The molecular formula is C11H23N2PS2. The van der Waals surface area contributed by atoms with E-state index in [4.69, 9.17) is 11.8 Å². The van der Waals surface area contributed by atoms with Crippen LogP contribution in [-0.2, 0) is 11.8 Å². The Labute approximate surface area is 109 Å². The van der Waals surface area contributed by atoms with Crippen LogP contribution < -0.4 is 0 Å². The first-order valence-electron chi connectivity index (χ1n) is 6.36. The molecule has 0 aliphatic carbocycles. The number of nitrogens with zero attached hydrogens (tertiary/aromatic N) is 2. The van der Waals surface area contributed by atoms with Crippen molar-refractivity contribution >= 4 is 29.9 Å². The van der Waals surface area contributed by atoms with E-state index in [1.165, 1.54) is 63.8 Å². The zero-order valence-electron chi connectivity index (χ0n) is 10.2. The molecule has 2 nitrogen and oxygen atoms in total. The largest absolute Gasteiger partial charge is 0.264 e. The summed E-state index contributed by atoms with van der Waals surface area (Å²) in [6.07, 6.45) is 7.57. The molecule has 0 N–H and O–H groups in total. The Hall–Kier alpha value is 0.920. The van der Waals surface area contributed by atoms with Crippen LogP contribution in [0.1, 0.15) is 25.7 Å². The lowest BCUT2D eigenvalue weighted by Crippen LogP contribution is -2.30. The fourth-order valence-electron chi connectivity index (χ4n) is 2.70. The van der Waals surface area contributed by atoms with Gasteiger partial charge >= 0.3 is 0 Å². The van der Waals surface area contributed by atoms with Gasteiger partial charge in [-0.15, -0.1) is 0 Å². The van der Waals surface area contributed by atoms with Gasteiger partial charge in [-0.1, -0.05) is 11.8 Å². The topological polar surface area (TPSA) is 6.48 Å². The van der Waals surface area contributed by atoms with Crippen LogP contribution in [0.4, 0.5) is 0 Å². The van der Waals surface area contributed by atoms with Gasteiger partial charge in [-0.2, -0.15) is 11.8 Å². The standard InChI is InChI=1S/C11H23N2PS2/c1-16-11-10-14(15,12-6-2-3-7-12)13-8-4-5-9-13/h2-11H2,1H3. The van der Waals surface area contributed by atoms with Crippen LogP contribution >= 0.6 is 18.1 Å². The minimum Gasteiger partial charge on any atom is -0.264 e. The molecule has 2 aliphatic rings. The van der Waals surface area contributed by atoms with Crippen molar-refractivity contribution in [2.45, 2.75) is 25.7 Å². The molecule has 0 spiro atoms. The zero-order valence-corrected chi connectivity index (χ0v) is 12.8. The van der Waals surface area contributed by atoms with E-state index >= 15 is 0 Å². The third kappa shape index (κ3) is 2.84. The highest BCUT2D eigenvalue weighted by Gasteiger charge is 2.34. The number of hydrogen-bond donors (Lipinski definition) is 0. The molecule has 0 aromatic rings. The van der Waals surface area contributed by atoms with Crippen molar-refractivity contribution in [1.29, 1.82) is 0 Å². The van der Waals surface area contributed by atoms with Crippen molar-refractivity contribution in [3.05, 3.63) is 0 Å². The molecule has 2 rings (SSSR count). The highest BCUT2D eigenvalue weighted by atomic mass is 32.4. The van der Waals surface area contributed by atoms with Crippen LogP contribution in [0, 0.1) is 0 Å². The molecule has 2 fully saturated rings. The summed E-state index contributed by atoms with van der Waals surface area (Å²) in [4.78, 5) is 0. The van der Waals surface area contributed by atoms with Gasteiger partial charge in [0.25, 0.3) is 0 Å². The molecule has 0 aromatic carbocycles. The van der Waals surface area contributed by atoms with Gasteiger partial charge in [-0.3, -0.25) is 9.34 Å². The highest BCUT2D eigenvalue weighted by Crippen LogP contribution is 2.56. The van der Waals surface area contributed by atoms with E-state index in [2.05, 4.69) is 15.6 Å². The Kier molecular flexibility index (Phi) is 5.17. The Bertz CT molecular complexity index is 241. The average molecular weight is 278 g/mol. The van der Waals surface area contributed by atoms with E-state index in [1.807, 2.05) is 11.8 Å². The van der Waals surface area contributed by atoms with E-state index in [-0.39, 0.29) is 0 Å². The lowest BCUT2D eigenvalue weighted by molar-refractivity contribution is 0.472. The first kappa shape index (κ1) is 13.4. The van der Waals surface area contributed by atoms with Crippen LogP contribution in [0.15, 0.2) is 0 Å². The summed E-state index contributed by atoms with van der Waals surface area (Å²) in [5.41, 5.74) is 0. The van der Waals surface area contributed by atoms with Gasteiger partial charge in [0.15, 0.2) is 0 Å². The molecule has 0 aromatic heterocycles. The maximum atomic E-state index is 6.14. The SMILES string of the molecule is CSCCP(=S)(N1CCCC1)N1CCCC1. The average Bonchev–Trinajstić information content (AvgIpc) is 2.96. The zero-order chi connectivity index (χ0) is 11.4. The molecule has 0 unspecified atom stereocenters. The monoisotopic (exact) mass is 278 g/mol. The van der Waals surface area contributed by atoms with Crippen molar-refractivity contribution in [2.24, 2.45) is 0 Å². The van der Waals surface area contributed by atoms with E-state index in [0.29, 0.717) is 0 Å². The van der Waals surface area contributed by atoms with Crippen molar-refractivity contribution in [2.75, 3.05) is 44.3 Å². The summed E-state index contributed by atoms with van der Waals surface area (Å²) in [5, 5.41) is 0. The first-order valence-corrected chi connectivity index (χ1v) is 10.6. The Balaban J connectivity index is 2.06. The molecule has 2 saturated heterocycles. The summed E-state index contributed by atoms with van der Waals surface area (Å²) in [7, 11) is 0. The highest BCUT2D eigenvalue weighted by molar-refractivity contribution is 8.12. The molecule has 16 heavy (non-hydrogen) atoms. The summed E-state index contributed by atoms with van der Waals surface area (Å²) in [6, 6.07) is 0. The third-order valence-electron chi connectivity index (χ3n) is 3.64. The predicted molar refractivity (Wildman–Crippen MR) is 79.1 cm³/mol. The van der Waals surface area contributed by atoms with Gasteiger partial charge in [0.2, 0.25) is 0 Å². The minimum atomic E-state index is -1.35. The molecule has 94 valence electrons. The van der Waals surface area contributed by atoms with Gasteiger partial charge in [0.1, 0.15) is 0 Å². The molecule has 2 aliphatic heterocycles. The van der Waals surface area contributed by atoms with Gasteiger partial charge < -0.3 is 0 Å². The van der Waals surface area contributed by atoms with Crippen molar-refractivity contribution < 1.29 is 0 Å². The third-order valence-corrected chi connectivity index (χ3v) is 9.86. The molecule has 5 heteroatoms. The molecule has 0 atom stereocenters. The molecule has 2 heterocycles. The fourth-order valence-corrected chi connectivity index (χ4v) is 8.77. The first-order chi connectivity index (χ1) is 7.77. The van der Waals surface area contributed by atoms with Crippen molar-refractivity contribution in [3.8, 4) is 0 Å². The smallest absolute Gasteiger partial charge is 0.0783 e. The second-order valence-corrected chi connectivity index (χ2v) is 10.4. The number of thioether (sulfide) groups is 1. The summed E-state index contributed by atoms with van der Waals surface area (Å²) in [6.45, 7) is 5.06. The lowest BCUT2D eigenvalue weighted by Gasteiger charge is -2.39. The van der Waals surface area contributed by atoms with E-state index in [1.54, 1.807) is 0 Å². The van der Waals surface area contributed by atoms with E-state index < -0.39 is 6.34 Å². The van der Waals surface area contributed by atoms with Gasteiger partial charge in [-0.05, 0) is 31.9 Å². The molecular weight excluding hydrogens is 255 g/mol. The second kappa shape index (κ2) is 6.19. The summed E-state index contributed by atoms with van der Waals surface area (Å²) >= 11 is 8.09. The number of hydrogen-bond acceptors (Lipinski definition) is 2. The minimum absolute atomic E-state index is 1.24. The van der Waals surface area contributed by atoms with Gasteiger partial charge in [0, 0.05) is 38.1 Å². The van der Waals surface area contributed by atoms with Gasteiger partial charge in [-0.25, -0.2) is 0 Å². The van der Waals surface area contributed by atoms with Gasteiger partial charge in [0.05, 0.1) is 6.34 Å². The lowest BCUT2D eigenvalue weighted by atomic mass is 10.4. The van der Waals surface area contributed by atoms with E-state index in [9.17, 15) is 0 Å². The summed E-state index contributed by atoms with van der Waals surface area (Å²) < 4.78 is 5.34. The second-order valence-electron chi connectivity index (χ2n) is 4.70. The van der Waals surface area contributed by atoms with Crippen molar-refractivity contribution in [1.82, 2.24) is 9.34 Å². The van der Waals surface area contributed by atoms with Crippen LogP contribution in [0.25, 0.3) is 0 Å². The fraction of sp³-hybridized carbons (Fsp3) is 1.00. The van der Waals surface area contributed by atoms with Crippen LogP contribution in [0.5, 0.6) is 0 Å². The summed E-state index contributed by atoms with van der Waals surface area (Å²) in [5.74, 6) is 1.24.